The Morgan fingerprint density at radius 2 is 1.61 bits per heavy atom. The Kier molecular flexibility index (Phi) is 6.89. The molecule has 4 aromatic rings. The maximum Gasteiger partial charge on any atom is 0.273 e. The third kappa shape index (κ3) is 5.35. The van der Waals surface area contributed by atoms with E-state index in [1.165, 1.54) is 5.56 Å². The van der Waals surface area contributed by atoms with Crippen LogP contribution in [0.1, 0.15) is 45.2 Å². The summed E-state index contributed by atoms with van der Waals surface area (Å²) in [5.41, 5.74) is 4.68. The fourth-order valence-electron chi connectivity index (χ4n) is 4.66. The Labute approximate surface area is 210 Å². The number of likely N-dealkylation sites (tertiary alicyclic amines) is 1. The summed E-state index contributed by atoms with van der Waals surface area (Å²) in [4.78, 5) is 27.2. The molecule has 182 valence electrons. The van der Waals surface area contributed by atoms with Crippen LogP contribution in [0.5, 0.6) is 0 Å². The number of carbonyl (C=O) groups is 2. The van der Waals surface area contributed by atoms with Gasteiger partial charge >= 0.3 is 0 Å². The Morgan fingerprint density at radius 1 is 0.972 bits per heavy atom. The van der Waals surface area contributed by atoms with Crippen molar-refractivity contribution in [3.05, 3.63) is 119 Å². The van der Waals surface area contributed by atoms with Gasteiger partial charge in [0.2, 0.25) is 5.91 Å². The fourth-order valence-corrected chi connectivity index (χ4v) is 4.66. The van der Waals surface area contributed by atoms with Crippen LogP contribution >= 0.6 is 0 Å². The predicted octanol–water partition coefficient (Wildman–Crippen LogP) is 4.00. The second-order valence-electron chi connectivity index (χ2n) is 9.35. The van der Waals surface area contributed by atoms with Crippen LogP contribution in [0, 0.1) is 12.8 Å². The highest BCUT2D eigenvalue weighted by Crippen LogP contribution is 2.26. The van der Waals surface area contributed by atoms with Crippen molar-refractivity contribution in [2.24, 2.45) is 5.92 Å². The van der Waals surface area contributed by atoms with Crippen LogP contribution in [0.25, 0.3) is 0 Å². The third-order valence-electron chi connectivity index (χ3n) is 6.58. The summed E-state index contributed by atoms with van der Waals surface area (Å²) in [5, 5.41) is 11.4. The first-order valence-corrected chi connectivity index (χ1v) is 12.2. The van der Waals surface area contributed by atoms with E-state index in [0.717, 1.165) is 16.7 Å². The number of aromatic nitrogens is 3. The zero-order valence-electron chi connectivity index (χ0n) is 20.2. The minimum atomic E-state index is -0.287. The summed E-state index contributed by atoms with van der Waals surface area (Å²) < 4.78 is 1.72. The van der Waals surface area contributed by atoms with Crippen LogP contribution < -0.4 is 5.32 Å². The molecule has 0 radical (unpaired) electrons. The van der Waals surface area contributed by atoms with Crippen molar-refractivity contribution in [2.75, 3.05) is 13.1 Å². The molecule has 0 bridgehead atoms. The predicted molar refractivity (Wildman–Crippen MR) is 137 cm³/mol. The van der Waals surface area contributed by atoms with E-state index in [0.29, 0.717) is 26.1 Å². The third-order valence-corrected chi connectivity index (χ3v) is 6.58. The number of hydrogen-bond acceptors (Lipinski definition) is 4. The monoisotopic (exact) mass is 479 g/mol. The van der Waals surface area contributed by atoms with E-state index < -0.39 is 0 Å². The topological polar surface area (TPSA) is 80.1 Å². The standard InChI is InChI=1S/C29H29N5O2/c1-21-12-14-22(15-13-21)18-33-19-23(16-27(33)35)17-30-29(36)26-20-34(32-31-26)28(24-8-4-2-5-9-24)25-10-6-3-7-11-25/h2-15,20,23,28H,16-19H2,1H3,(H,30,36). The molecular weight excluding hydrogens is 450 g/mol. The van der Waals surface area contributed by atoms with Gasteiger partial charge in [-0.25, -0.2) is 4.68 Å². The van der Waals surface area contributed by atoms with Crippen LogP contribution in [-0.2, 0) is 11.3 Å². The molecule has 0 saturated carbocycles. The first kappa shape index (κ1) is 23.5. The summed E-state index contributed by atoms with van der Waals surface area (Å²) in [6, 6.07) is 28.1. The highest BCUT2D eigenvalue weighted by atomic mass is 16.2. The normalized spacial score (nSPS) is 15.4. The van der Waals surface area contributed by atoms with Gasteiger partial charge in [-0.3, -0.25) is 9.59 Å². The molecule has 1 N–H and O–H groups in total. The first-order chi connectivity index (χ1) is 17.6. The van der Waals surface area contributed by atoms with Crippen molar-refractivity contribution >= 4 is 11.8 Å². The number of benzene rings is 3. The molecule has 7 heteroatoms. The Hall–Kier alpha value is -4.26. The van der Waals surface area contributed by atoms with E-state index in [-0.39, 0.29) is 29.5 Å². The summed E-state index contributed by atoms with van der Waals surface area (Å²) in [7, 11) is 0. The number of rotatable bonds is 8. The smallest absolute Gasteiger partial charge is 0.273 e. The van der Waals surface area contributed by atoms with Gasteiger partial charge in [0.1, 0.15) is 6.04 Å². The van der Waals surface area contributed by atoms with Gasteiger partial charge in [-0.1, -0.05) is 95.7 Å². The molecule has 7 nitrogen and oxygen atoms in total. The second-order valence-corrected chi connectivity index (χ2v) is 9.35. The maximum atomic E-state index is 12.9. The van der Waals surface area contributed by atoms with Gasteiger partial charge in [-0.2, -0.15) is 0 Å². The number of amides is 2. The Morgan fingerprint density at radius 3 is 2.25 bits per heavy atom. The highest BCUT2D eigenvalue weighted by molar-refractivity contribution is 5.92. The van der Waals surface area contributed by atoms with Crippen molar-refractivity contribution in [3.8, 4) is 0 Å². The number of nitrogens with zero attached hydrogens (tertiary/aromatic N) is 4. The molecule has 2 heterocycles. The lowest BCUT2D eigenvalue weighted by Crippen LogP contribution is -2.31. The minimum Gasteiger partial charge on any atom is -0.350 e. The van der Waals surface area contributed by atoms with E-state index in [1.807, 2.05) is 72.5 Å². The van der Waals surface area contributed by atoms with Crippen molar-refractivity contribution in [1.29, 1.82) is 0 Å². The molecule has 1 saturated heterocycles. The van der Waals surface area contributed by atoms with Crippen LogP contribution in [-0.4, -0.2) is 44.8 Å². The molecule has 1 atom stereocenters. The van der Waals surface area contributed by atoms with Crippen LogP contribution in [0.2, 0.25) is 0 Å². The van der Waals surface area contributed by atoms with Crippen molar-refractivity contribution in [1.82, 2.24) is 25.2 Å². The average Bonchev–Trinajstić information content (AvgIpc) is 3.52. The molecule has 1 aliphatic heterocycles. The molecule has 3 aromatic carbocycles. The van der Waals surface area contributed by atoms with Gasteiger partial charge in [-0.05, 0) is 23.6 Å². The number of hydrogen-bond donors (Lipinski definition) is 1. The minimum absolute atomic E-state index is 0.0725. The number of carbonyl (C=O) groups excluding carboxylic acids is 2. The van der Waals surface area contributed by atoms with Gasteiger partial charge in [0.05, 0.1) is 6.20 Å². The van der Waals surface area contributed by atoms with Gasteiger partial charge in [0.25, 0.3) is 5.91 Å². The van der Waals surface area contributed by atoms with Gasteiger partial charge in [0, 0.05) is 32.0 Å². The summed E-state index contributed by atoms with van der Waals surface area (Å²) in [5.74, 6) is -0.0942. The van der Waals surface area contributed by atoms with Gasteiger partial charge in [-0.15, -0.1) is 5.10 Å². The average molecular weight is 480 g/mol. The van der Waals surface area contributed by atoms with E-state index in [4.69, 9.17) is 0 Å². The van der Waals surface area contributed by atoms with Crippen molar-refractivity contribution < 1.29 is 9.59 Å². The molecule has 0 spiro atoms. The molecular formula is C29H29N5O2. The van der Waals surface area contributed by atoms with Crippen LogP contribution in [0.3, 0.4) is 0 Å². The Bertz CT molecular complexity index is 1280. The number of nitrogens with one attached hydrogen (secondary N) is 1. The first-order valence-electron chi connectivity index (χ1n) is 12.2. The molecule has 2 amide bonds. The Balaban J connectivity index is 1.22. The highest BCUT2D eigenvalue weighted by Gasteiger charge is 2.30. The summed E-state index contributed by atoms with van der Waals surface area (Å²) in [6.45, 7) is 3.69. The second kappa shape index (κ2) is 10.6. The zero-order chi connectivity index (χ0) is 24.9. The van der Waals surface area contributed by atoms with Gasteiger partial charge in [0.15, 0.2) is 5.69 Å². The molecule has 1 fully saturated rings. The molecule has 5 rings (SSSR count). The summed E-state index contributed by atoms with van der Waals surface area (Å²) >= 11 is 0. The quantitative estimate of drug-likeness (QED) is 0.414. The van der Waals surface area contributed by atoms with Crippen LogP contribution in [0.4, 0.5) is 0 Å². The lowest BCUT2D eigenvalue weighted by Gasteiger charge is -2.18. The maximum absolute atomic E-state index is 12.9. The molecule has 1 unspecified atom stereocenters. The van der Waals surface area contributed by atoms with Crippen molar-refractivity contribution in [2.45, 2.75) is 25.9 Å². The molecule has 1 aliphatic rings. The summed E-state index contributed by atoms with van der Waals surface area (Å²) in [6.07, 6.45) is 2.12. The SMILES string of the molecule is Cc1ccc(CN2CC(CNC(=O)c3cn(C(c4ccccc4)c4ccccc4)nn3)CC2=O)cc1. The largest absolute Gasteiger partial charge is 0.350 e. The van der Waals surface area contributed by atoms with Crippen molar-refractivity contribution in [3.63, 3.8) is 0 Å². The van der Waals surface area contributed by atoms with Gasteiger partial charge < -0.3 is 10.2 Å². The fraction of sp³-hybridized carbons (Fsp3) is 0.241. The van der Waals surface area contributed by atoms with E-state index in [1.54, 1.807) is 10.9 Å². The van der Waals surface area contributed by atoms with E-state index in [2.05, 4.69) is 39.9 Å². The lowest BCUT2D eigenvalue weighted by atomic mass is 9.99. The lowest BCUT2D eigenvalue weighted by molar-refractivity contribution is -0.128. The molecule has 0 aliphatic carbocycles. The number of aryl methyl sites for hydroxylation is 1. The zero-order valence-corrected chi connectivity index (χ0v) is 20.2. The van der Waals surface area contributed by atoms with E-state index >= 15 is 0 Å². The molecule has 36 heavy (non-hydrogen) atoms. The molecule has 1 aromatic heterocycles. The van der Waals surface area contributed by atoms with E-state index in [9.17, 15) is 9.59 Å². The van der Waals surface area contributed by atoms with Crippen LogP contribution in [0.15, 0.2) is 91.1 Å².